The molecule has 1 saturated heterocycles. The van der Waals surface area contributed by atoms with E-state index in [1.165, 1.54) is 6.42 Å². The van der Waals surface area contributed by atoms with Crippen molar-refractivity contribution in [2.45, 2.75) is 32.7 Å². The number of carbonyl (C=O) groups is 1. The number of piperidine rings is 1. The van der Waals surface area contributed by atoms with E-state index in [-0.39, 0.29) is 11.9 Å². The quantitative estimate of drug-likeness (QED) is 0.877. The highest BCUT2D eigenvalue weighted by Gasteiger charge is 2.31. The minimum atomic E-state index is 0.158. The third-order valence-corrected chi connectivity index (χ3v) is 4.57. The number of nitrogens with two attached hydrogens (primary N) is 1. The van der Waals surface area contributed by atoms with Gasteiger partial charge in [-0.15, -0.1) is 0 Å². The molecule has 0 bridgehead atoms. The lowest BCUT2D eigenvalue weighted by molar-refractivity contribution is 0.0532. The second kappa shape index (κ2) is 5.19. The molecule has 4 heteroatoms. The zero-order valence-corrected chi connectivity index (χ0v) is 11.3. The maximum absolute atomic E-state index is 12.5. The Kier molecular flexibility index (Phi) is 3.84. The van der Waals surface area contributed by atoms with E-state index in [1.807, 2.05) is 22.6 Å². The Hall–Kier alpha value is -0.870. The smallest absolute Gasteiger partial charge is 0.255 e. The Labute approximate surface area is 107 Å². The molecule has 2 N–H and O–H groups in total. The summed E-state index contributed by atoms with van der Waals surface area (Å²) in [5.41, 5.74) is 7.75. The normalized spacial score (nSPS) is 25.0. The Morgan fingerprint density at radius 2 is 2.35 bits per heavy atom. The lowest BCUT2D eigenvalue weighted by Gasteiger charge is -2.39. The van der Waals surface area contributed by atoms with Crippen LogP contribution in [0.25, 0.3) is 0 Å². The number of hydrogen-bond acceptors (Lipinski definition) is 3. The molecule has 0 radical (unpaired) electrons. The molecule has 17 heavy (non-hydrogen) atoms. The predicted molar refractivity (Wildman–Crippen MR) is 71.3 cm³/mol. The molecular weight excluding hydrogens is 232 g/mol. The van der Waals surface area contributed by atoms with Gasteiger partial charge < -0.3 is 10.6 Å². The van der Waals surface area contributed by atoms with E-state index >= 15 is 0 Å². The summed E-state index contributed by atoms with van der Waals surface area (Å²) in [5.74, 6) is 0.669. The average Bonchev–Trinajstić information content (AvgIpc) is 2.74. The van der Waals surface area contributed by atoms with Crippen LogP contribution in [0.1, 0.15) is 35.7 Å². The van der Waals surface area contributed by atoms with Crippen molar-refractivity contribution in [1.29, 1.82) is 0 Å². The van der Waals surface area contributed by atoms with Crippen molar-refractivity contribution in [2.24, 2.45) is 11.7 Å². The van der Waals surface area contributed by atoms with Crippen molar-refractivity contribution in [2.75, 3.05) is 13.1 Å². The second-order valence-electron chi connectivity index (χ2n) is 4.89. The van der Waals surface area contributed by atoms with Gasteiger partial charge in [-0.25, -0.2) is 0 Å². The van der Waals surface area contributed by atoms with E-state index < -0.39 is 0 Å². The van der Waals surface area contributed by atoms with Gasteiger partial charge in [-0.1, -0.05) is 6.92 Å². The van der Waals surface area contributed by atoms with Crippen molar-refractivity contribution in [3.63, 3.8) is 0 Å². The van der Waals surface area contributed by atoms with Crippen molar-refractivity contribution >= 4 is 17.2 Å². The molecule has 1 aliphatic heterocycles. The molecule has 94 valence electrons. The van der Waals surface area contributed by atoms with E-state index in [0.717, 1.165) is 24.1 Å². The van der Waals surface area contributed by atoms with Crippen molar-refractivity contribution in [3.05, 3.63) is 21.9 Å². The summed E-state index contributed by atoms with van der Waals surface area (Å²) in [6.45, 7) is 5.60. The molecule has 2 heterocycles. The molecule has 2 rings (SSSR count). The fraction of sp³-hybridized carbons (Fsp3) is 0.615. The molecule has 1 aliphatic rings. The fourth-order valence-electron chi connectivity index (χ4n) is 2.60. The summed E-state index contributed by atoms with van der Waals surface area (Å²) >= 11 is 1.59. The number of aryl methyl sites for hydroxylation is 1. The number of thiophene rings is 1. The van der Waals surface area contributed by atoms with Gasteiger partial charge in [0.05, 0.1) is 5.56 Å². The van der Waals surface area contributed by atoms with E-state index in [1.54, 1.807) is 11.3 Å². The zero-order valence-electron chi connectivity index (χ0n) is 10.5. The topological polar surface area (TPSA) is 46.3 Å². The highest BCUT2D eigenvalue weighted by atomic mass is 32.1. The second-order valence-corrected chi connectivity index (χ2v) is 5.63. The molecule has 3 nitrogen and oxygen atoms in total. The first-order valence-corrected chi connectivity index (χ1v) is 7.13. The number of amides is 1. The highest BCUT2D eigenvalue weighted by Crippen LogP contribution is 2.26. The number of hydrogen-bond donors (Lipinski definition) is 1. The third-order valence-electron chi connectivity index (χ3n) is 3.70. The molecule has 2 atom stereocenters. The first kappa shape index (κ1) is 12.6. The summed E-state index contributed by atoms with van der Waals surface area (Å²) in [6, 6.07) is 0.204. The third kappa shape index (κ3) is 2.38. The molecule has 0 aromatic carbocycles. The Morgan fingerprint density at radius 1 is 1.59 bits per heavy atom. The van der Waals surface area contributed by atoms with Gasteiger partial charge >= 0.3 is 0 Å². The minimum absolute atomic E-state index is 0.158. The predicted octanol–water partition coefficient (Wildman–Crippen LogP) is 2.26. The van der Waals surface area contributed by atoms with Gasteiger partial charge in [0, 0.05) is 24.5 Å². The molecule has 0 spiro atoms. The van der Waals surface area contributed by atoms with Crippen LogP contribution < -0.4 is 5.73 Å². The van der Waals surface area contributed by atoms with E-state index in [4.69, 9.17) is 5.73 Å². The Balaban J connectivity index is 2.21. The van der Waals surface area contributed by atoms with E-state index in [0.29, 0.717) is 12.5 Å². The monoisotopic (exact) mass is 252 g/mol. The largest absolute Gasteiger partial charge is 0.334 e. The van der Waals surface area contributed by atoms with E-state index in [9.17, 15) is 4.79 Å². The van der Waals surface area contributed by atoms with Gasteiger partial charge in [0.2, 0.25) is 0 Å². The molecule has 0 aliphatic carbocycles. The summed E-state index contributed by atoms with van der Waals surface area (Å²) < 4.78 is 0. The van der Waals surface area contributed by atoms with Crippen LogP contribution in [0.3, 0.4) is 0 Å². The van der Waals surface area contributed by atoms with E-state index in [2.05, 4.69) is 6.92 Å². The first-order chi connectivity index (χ1) is 8.15. The number of rotatable bonds is 2. The van der Waals surface area contributed by atoms with Crippen LogP contribution >= 0.6 is 11.3 Å². The van der Waals surface area contributed by atoms with Crippen LogP contribution in [-0.2, 0) is 0 Å². The molecule has 0 saturated carbocycles. The summed E-state index contributed by atoms with van der Waals surface area (Å²) in [6.07, 6.45) is 2.26. The molecule has 1 aromatic heterocycles. The van der Waals surface area contributed by atoms with Gasteiger partial charge in [-0.05, 0) is 36.6 Å². The number of carbonyl (C=O) groups excluding carboxylic acids is 1. The van der Waals surface area contributed by atoms with Gasteiger partial charge in [-0.3, -0.25) is 4.79 Å². The van der Waals surface area contributed by atoms with Crippen LogP contribution in [-0.4, -0.2) is 29.9 Å². The average molecular weight is 252 g/mol. The number of likely N-dealkylation sites (tertiary alicyclic amines) is 1. The summed E-state index contributed by atoms with van der Waals surface area (Å²) in [4.78, 5) is 14.4. The maximum Gasteiger partial charge on any atom is 0.255 e. The molecule has 1 fully saturated rings. The first-order valence-electron chi connectivity index (χ1n) is 6.19. The van der Waals surface area contributed by atoms with Crippen LogP contribution in [0.2, 0.25) is 0 Å². The number of nitrogens with zero attached hydrogens (tertiary/aromatic N) is 1. The molecule has 2 unspecified atom stereocenters. The summed E-state index contributed by atoms with van der Waals surface area (Å²) in [7, 11) is 0. The van der Waals surface area contributed by atoms with Crippen molar-refractivity contribution < 1.29 is 4.79 Å². The van der Waals surface area contributed by atoms with Gasteiger partial charge in [0.15, 0.2) is 0 Å². The minimum Gasteiger partial charge on any atom is -0.334 e. The van der Waals surface area contributed by atoms with Gasteiger partial charge in [0.25, 0.3) is 5.91 Å². The lowest BCUT2D eigenvalue weighted by Crippen LogP contribution is -2.51. The van der Waals surface area contributed by atoms with Crippen LogP contribution in [0.15, 0.2) is 10.8 Å². The SMILES string of the molecule is Cc1cscc1C(=O)N1CCCC(C)C1CN. The van der Waals surface area contributed by atoms with Crippen LogP contribution in [0.4, 0.5) is 0 Å². The van der Waals surface area contributed by atoms with Crippen LogP contribution in [0.5, 0.6) is 0 Å². The van der Waals surface area contributed by atoms with Gasteiger partial charge in [0.1, 0.15) is 0 Å². The van der Waals surface area contributed by atoms with Gasteiger partial charge in [-0.2, -0.15) is 11.3 Å². The Bertz CT molecular complexity index is 402. The van der Waals surface area contributed by atoms with Crippen LogP contribution in [0, 0.1) is 12.8 Å². The zero-order chi connectivity index (χ0) is 12.4. The highest BCUT2D eigenvalue weighted by molar-refractivity contribution is 7.08. The maximum atomic E-state index is 12.5. The Morgan fingerprint density at radius 3 is 2.94 bits per heavy atom. The van der Waals surface area contributed by atoms with Crippen molar-refractivity contribution in [3.8, 4) is 0 Å². The molecule has 1 amide bonds. The van der Waals surface area contributed by atoms with Crippen molar-refractivity contribution in [1.82, 2.24) is 4.90 Å². The molecular formula is C13H20N2OS. The fourth-order valence-corrected chi connectivity index (χ4v) is 3.42. The standard InChI is InChI=1S/C13H20N2OS/c1-9-4-3-5-15(12(9)6-14)13(16)11-8-17-7-10(11)2/h7-9,12H,3-6,14H2,1-2H3. The molecule has 1 aromatic rings. The lowest BCUT2D eigenvalue weighted by atomic mass is 9.90. The summed E-state index contributed by atoms with van der Waals surface area (Å²) in [5, 5.41) is 3.97.